The van der Waals surface area contributed by atoms with Crippen LogP contribution in [0.3, 0.4) is 0 Å². The molecule has 0 saturated heterocycles. The van der Waals surface area contributed by atoms with Gasteiger partial charge >= 0.3 is 0 Å². The second kappa shape index (κ2) is 6.64. The predicted molar refractivity (Wildman–Crippen MR) is 99.2 cm³/mol. The van der Waals surface area contributed by atoms with Crippen molar-refractivity contribution in [3.8, 4) is 0 Å². The molecule has 4 heteroatoms. The van der Waals surface area contributed by atoms with Crippen molar-refractivity contribution in [2.24, 2.45) is 5.92 Å². The van der Waals surface area contributed by atoms with Crippen LogP contribution in [0.2, 0.25) is 5.02 Å². The van der Waals surface area contributed by atoms with Crippen molar-refractivity contribution in [1.29, 1.82) is 0 Å². The van der Waals surface area contributed by atoms with Gasteiger partial charge in [0.15, 0.2) is 5.76 Å². The van der Waals surface area contributed by atoms with E-state index in [9.17, 15) is 0 Å². The summed E-state index contributed by atoms with van der Waals surface area (Å²) in [5, 5.41) is 8.42. The number of hydrogen-bond acceptors (Lipinski definition) is 3. The van der Waals surface area contributed by atoms with Gasteiger partial charge < -0.3 is 9.84 Å². The van der Waals surface area contributed by atoms with Crippen LogP contribution in [0.15, 0.2) is 28.8 Å². The summed E-state index contributed by atoms with van der Waals surface area (Å²) in [6.07, 6.45) is 7.80. The van der Waals surface area contributed by atoms with Gasteiger partial charge in [0.1, 0.15) is 0 Å². The van der Waals surface area contributed by atoms with Crippen LogP contribution >= 0.6 is 11.6 Å². The largest absolute Gasteiger partial charge is 0.380 e. The maximum absolute atomic E-state index is 6.32. The van der Waals surface area contributed by atoms with Gasteiger partial charge in [-0.2, -0.15) is 0 Å². The number of nitrogens with zero attached hydrogens (tertiary/aromatic N) is 1. The third-order valence-electron chi connectivity index (χ3n) is 5.24. The van der Waals surface area contributed by atoms with E-state index in [0.717, 1.165) is 23.0 Å². The molecule has 0 radical (unpaired) electrons. The summed E-state index contributed by atoms with van der Waals surface area (Å²) in [7, 11) is 0. The van der Waals surface area contributed by atoms with Gasteiger partial charge in [-0.15, -0.1) is 0 Å². The first kappa shape index (κ1) is 15.8. The zero-order chi connectivity index (χ0) is 16.5. The van der Waals surface area contributed by atoms with Crippen LogP contribution in [-0.2, 0) is 0 Å². The minimum absolute atomic E-state index is 0.576. The van der Waals surface area contributed by atoms with E-state index in [1.54, 1.807) is 0 Å². The summed E-state index contributed by atoms with van der Waals surface area (Å²) in [4.78, 5) is 0. The predicted octanol–water partition coefficient (Wildman–Crippen LogP) is 5.94. The van der Waals surface area contributed by atoms with Crippen molar-refractivity contribution in [3.63, 3.8) is 0 Å². The second-order valence-electron chi connectivity index (χ2n) is 6.96. The highest BCUT2D eigenvalue weighted by molar-refractivity contribution is 6.31. The Hall–Kier alpha value is -1.74. The van der Waals surface area contributed by atoms with Crippen molar-refractivity contribution in [2.75, 3.05) is 11.9 Å². The fraction of sp³-hybridized carbons (Fsp3) is 0.450. The molecule has 24 heavy (non-hydrogen) atoms. The molecule has 1 saturated carbocycles. The quantitative estimate of drug-likeness (QED) is 0.686. The Morgan fingerprint density at radius 3 is 2.62 bits per heavy atom. The number of allylic oxidation sites excluding steroid dienone is 1. The lowest BCUT2D eigenvalue weighted by Crippen LogP contribution is -2.17. The number of rotatable bonds is 2. The summed E-state index contributed by atoms with van der Waals surface area (Å²) in [6, 6.07) is 8.20. The lowest BCUT2D eigenvalue weighted by Gasteiger charge is -2.29. The fourth-order valence-corrected chi connectivity index (χ4v) is 4.27. The molecule has 1 aliphatic carbocycles. The van der Waals surface area contributed by atoms with E-state index in [1.807, 2.05) is 19.1 Å². The molecule has 0 amide bonds. The highest BCUT2D eigenvalue weighted by Crippen LogP contribution is 2.45. The van der Waals surface area contributed by atoms with Gasteiger partial charge in [0.05, 0.1) is 5.69 Å². The third kappa shape index (κ3) is 2.98. The average Bonchev–Trinajstić information content (AvgIpc) is 2.84. The molecule has 0 bridgehead atoms. The van der Waals surface area contributed by atoms with Gasteiger partial charge in [-0.05, 0) is 49.5 Å². The van der Waals surface area contributed by atoms with E-state index in [-0.39, 0.29) is 0 Å². The molecular weight excluding hydrogens is 320 g/mol. The lowest BCUT2D eigenvalue weighted by atomic mass is 9.80. The zero-order valence-corrected chi connectivity index (χ0v) is 14.8. The normalized spacial score (nSPS) is 18.9. The van der Waals surface area contributed by atoms with E-state index >= 15 is 0 Å². The Bertz CT molecular complexity index is 770. The first-order valence-electron chi connectivity index (χ1n) is 8.93. The Kier molecular flexibility index (Phi) is 4.36. The van der Waals surface area contributed by atoms with Crippen LogP contribution in [0.25, 0.3) is 11.1 Å². The SMILES string of the molecule is Cc1cc(C2=C(C3CCCCCC3)c3cc(Cl)ccc3NC2)on1. The van der Waals surface area contributed by atoms with Gasteiger partial charge in [0, 0.05) is 34.5 Å². The smallest absolute Gasteiger partial charge is 0.165 e. The highest BCUT2D eigenvalue weighted by atomic mass is 35.5. The number of aromatic nitrogens is 1. The molecule has 2 aliphatic rings. The number of aryl methyl sites for hydroxylation is 1. The average molecular weight is 343 g/mol. The van der Waals surface area contributed by atoms with Gasteiger partial charge in [0.25, 0.3) is 0 Å². The Balaban J connectivity index is 1.87. The van der Waals surface area contributed by atoms with Crippen molar-refractivity contribution >= 4 is 28.4 Å². The molecule has 1 aromatic heterocycles. The first-order valence-corrected chi connectivity index (χ1v) is 9.30. The zero-order valence-electron chi connectivity index (χ0n) is 14.1. The minimum Gasteiger partial charge on any atom is -0.380 e. The van der Waals surface area contributed by atoms with Crippen LogP contribution in [0.1, 0.15) is 55.5 Å². The number of halogens is 1. The van der Waals surface area contributed by atoms with E-state index in [1.165, 1.54) is 60.9 Å². The van der Waals surface area contributed by atoms with E-state index in [4.69, 9.17) is 16.1 Å². The van der Waals surface area contributed by atoms with Crippen molar-refractivity contribution in [3.05, 3.63) is 46.3 Å². The van der Waals surface area contributed by atoms with E-state index < -0.39 is 0 Å². The first-order chi connectivity index (χ1) is 11.7. The Morgan fingerprint density at radius 1 is 1.12 bits per heavy atom. The Morgan fingerprint density at radius 2 is 1.92 bits per heavy atom. The second-order valence-corrected chi connectivity index (χ2v) is 7.39. The molecule has 0 unspecified atom stereocenters. The molecule has 4 rings (SSSR count). The van der Waals surface area contributed by atoms with Gasteiger partial charge in [-0.25, -0.2) is 0 Å². The summed E-state index contributed by atoms with van der Waals surface area (Å²) in [5.41, 5.74) is 6.01. The molecule has 126 valence electrons. The summed E-state index contributed by atoms with van der Waals surface area (Å²) in [5.74, 6) is 1.47. The lowest BCUT2D eigenvalue weighted by molar-refractivity contribution is 0.405. The summed E-state index contributed by atoms with van der Waals surface area (Å²) in [6.45, 7) is 2.76. The van der Waals surface area contributed by atoms with Crippen molar-refractivity contribution in [1.82, 2.24) is 5.16 Å². The molecule has 3 nitrogen and oxygen atoms in total. The summed E-state index contributed by atoms with van der Waals surface area (Å²) < 4.78 is 5.62. The van der Waals surface area contributed by atoms with Gasteiger partial charge in [-0.1, -0.05) is 42.4 Å². The molecular formula is C20H23ClN2O. The highest BCUT2D eigenvalue weighted by Gasteiger charge is 2.28. The van der Waals surface area contributed by atoms with E-state index in [0.29, 0.717) is 5.92 Å². The van der Waals surface area contributed by atoms with Crippen LogP contribution in [0, 0.1) is 12.8 Å². The van der Waals surface area contributed by atoms with E-state index in [2.05, 4.69) is 22.6 Å². The number of fused-ring (bicyclic) bond motifs is 1. The van der Waals surface area contributed by atoms with Gasteiger partial charge in [-0.3, -0.25) is 0 Å². The minimum atomic E-state index is 0.576. The molecule has 0 atom stereocenters. The standard InChI is InChI=1S/C20H23ClN2O/c1-13-10-19(24-23-13)17-12-22-18-9-8-15(21)11-16(18)20(17)14-6-4-2-3-5-7-14/h8-11,14,22H,2-7,12H2,1H3. The van der Waals surface area contributed by atoms with Crippen LogP contribution < -0.4 is 5.32 Å². The molecule has 1 aliphatic heterocycles. The molecule has 1 N–H and O–H groups in total. The number of nitrogens with one attached hydrogen (secondary N) is 1. The Labute approximate surface area is 148 Å². The van der Waals surface area contributed by atoms with Crippen molar-refractivity contribution in [2.45, 2.75) is 45.4 Å². The molecule has 1 aromatic carbocycles. The molecule has 1 fully saturated rings. The van der Waals surface area contributed by atoms with Crippen LogP contribution in [-0.4, -0.2) is 11.7 Å². The monoisotopic (exact) mass is 342 g/mol. The topological polar surface area (TPSA) is 38.1 Å². The number of hydrogen-bond donors (Lipinski definition) is 1. The van der Waals surface area contributed by atoms with Crippen molar-refractivity contribution < 1.29 is 4.52 Å². The molecule has 0 spiro atoms. The number of benzene rings is 1. The summed E-state index contributed by atoms with van der Waals surface area (Å²) >= 11 is 6.32. The molecule has 2 heterocycles. The van der Waals surface area contributed by atoms with Crippen LogP contribution in [0.5, 0.6) is 0 Å². The fourth-order valence-electron chi connectivity index (χ4n) is 4.09. The third-order valence-corrected chi connectivity index (χ3v) is 5.48. The van der Waals surface area contributed by atoms with Crippen LogP contribution in [0.4, 0.5) is 5.69 Å². The maximum Gasteiger partial charge on any atom is 0.165 e. The number of anilines is 1. The maximum atomic E-state index is 6.32. The molecule has 2 aromatic rings. The van der Waals surface area contributed by atoms with Gasteiger partial charge in [0.2, 0.25) is 0 Å².